The molecule has 0 heterocycles. The van der Waals surface area contributed by atoms with Crippen molar-refractivity contribution in [3.8, 4) is 5.75 Å². The highest BCUT2D eigenvalue weighted by Crippen LogP contribution is 2.20. The van der Waals surface area contributed by atoms with E-state index in [2.05, 4.69) is 5.32 Å². The zero-order valence-electron chi connectivity index (χ0n) is 10.0. The van der Waals surface area contributed by atoms with E-state index in [9.17, 15) is 8.78 Å². The van der Waals surface area contributed by atoms with Crippen LogP contribution in [0.1, 0.15) is 6.92 Å². The number of halogens is 2. The number of nitrogens with one attached hydrogen (secondary N) is 1. The number of hydrogen-bond acceptors (Lipinski definition) is 3. The monoisotopic (exact) mass is 245 g/mol. The van der Waals surface area contributed by atoms with Crippen molar-refractivity contribution in [1.29, 1.82) is 0 Å². The van der Waals surface area contributed by atoms with E-state index < -0.39 is 11.6 Å². The van der Waals surface area contributed by atoms with Gasteiger partial charge in [-0.15, -0.1) is 0 Å². The summed E-state index contributed by atoms with van der Waals surface area (Å²) in [7, 11) is 1.53. The maximum absolute atomic E-state index is 13.4. The summed E-state index contributed by atoms with van der Waals surface area (Å²) in [6.45, 7) is 3.55. The number of methoxy groups -OCH3 is 1. The van der Waals surface area contributed by atoms with Gasteiger partial charge in [0, 0.05) is 13.7 Å². The molecule has 96 valence electrons. The first-order chi connectivity index (χ1) is 8.19. The van der Waals surface area contributed by atoms with E-state index in [0.29, 0.717) is 13.2 Å². The van der Waals surface area contributed by atoms with Crippen molar-refractivity contribution < 1.29 is 18.3 Å². The minimum atomic E-state index is -0.967. The van der Waals surface area contributed by atoms with Crippen molar-refractivity contribution in [2.75, 3.05) is 26.8 Å². The van der Waals surface area contributed by atoms with Gasteiger partial charge in [-0.05, 0) is 18.7 Å². The van der Waals surface area contributed by atoms with Crippen LogP contribution in [0.2, 0.25) is 0 Å². The predicted molar refractivity (Wildman–Crippen MR) is 61.2 cm³/mol. The fraction of sp³-hybridized carbons (Fsp3) is 0.500. The van der Waals surface area contributed by atoms with Gasteiger partial charge >= 0.3 is 0 Å². The highest BCUT2D eigenvalue weighted by atomic mass is 19.2. The highest BCUT2D eigenvalue weighted by Gasteiger charge is 2.14. The third kappa shape index (κ3) is 4.28. The average molecular weight is 245 g/mol. The van der Waals surface area contributed by atoms with Gasteiger partial charge in [0.05, 0.1) is 6.61 Å². The number of ether oxygens (including phenoxy) is 2. The second-order valence-electron chi connectivity index (χ2n) is 3.55. The van der Waals surface area contributed by atoms with E-state index >= 15 is 0 Å². The second kappa shape index (κ2) is 7.19. The quantitative estimate of drug-likeness (QED) is 0.796. The third-order valence-electron chi connectivity index (χ3n) is 2.18. The number of hydrogen-bond donors (Lipinski definition) is 1. The summed E-state index contributed by atoms with van der Waals surface area (Å²) in [5.74, 6) is -1.97. The molecule has 0 saturated heterocycles. The highest BCUT2D eigenvalue weighted by molar-refractivity contribution is 5.25. The molecule has 0 saturated carbocycles. The van der Waals surface area contributed by atoms with E-state index in [1.54, 1.807) is 0 Å². The van der Waals surface area contributed by atoms with Crippen molar-refractivity contribution in [2.24, 2.45) is 0 Å². The molecule has 5 heteroatoms. The normalized spacial score (nSPS) is 12.5. The van der Waals surface area contributed by atoms with E-state index in [-0.39, 0.29) is 11.9 Å². The summed E-state index contributed by atoms with van der Waals surface area (Å²) in [6, 6.07) is 3.86. The molecule has 0 amide bonds. The predicted octanol–water partition coefficient (Wildman–Crippen LogP) is 1.97. The van der Waals surface area contributed by atoms with Crippen molar-refractivity contribution in [3.63, 3.8) is 0 Å². The molecular formula is C12H17F2NO2. The molecule has 0 aliphatic heterocycles. The van der Waals surface area contributed by atoms with Crippen LogP contribution in [0.4, 0.5) is 8.78 Å². The Hall–Kier alpha value is -1.20. The van der Waals surface area contributed by atoms with Crippen LogP contribution in [-0.4, -0.2) is 32.9 Å². The van der Waals surface area contributed by atoms with E-state index in [1.807, 2.05) is 6.92 Å². The maximum Gasteiger partial charge on any atom is 0.200 e. The van der Waals surface area contributed by atoms with Crippen molar-refractivity contribution in [1.82, 2.24) is 5.32 Å². The van der Waals surface area contributed by atoms with Gasteiger partial charge in [-0.1, -0.05) is 13.0 Å². The topological polar surface area (TPSA) is 30.5 Å². The average Bonchev–Trinajstić information content (AvgIpc) is 2.32. The number of likely N-dealkylation sites (N-methyl/N-ethyl adjacent to an activating group) is 1. The smallest absolute Gasteiger partial charge is 0.200 e. The lowest BCUT2D eigenvalue weighted by molar-refractivity contribution is 0.0777. The molecule has 0 bridgehead atoms. The fourth-order valence-electron chi connectivity index (χ4n) is 1.38. The number of rotatable bonds is 7. The van der Waals surface area contributed by atoms with Gasteiger partial charge in [0.15, 0.2) is 11.6 Å². The summed E-state index contributed by atoms with van der Waals surface area (Å²) in [4.78, 5) is 0. The lowest BCUT2D eigenvalue weighted by Gasteiger charge is -2.19. The standard InChI is InChI=1S/C12H17F2NO2/c1-3-15-7-9(8-16-2)17-11-6-4-5-10(13)12(11)14/h4-6,9,15H,3,7-8H2,1-2H3. The zero-order chi connectivity index (χ0) is 12.7. The van der Waals surface area contributed by atoms with Crippen LogP contribution in [0.5, 0.6) is 5.75 Å². The Kier molecular flexibility index (Phi) is 5.86. The molecule has 1 aromatic rings. The minimum absolute atomic E-state index is 0.0926. The van der Waals surface area contributed by atoms with Crippen LogP contribution in [0, 0.1) is 11.6 Å². The zero-order valence-corrected chi connectivity index (χ0v) is 10.0. The van der Waals surface area contributed by atoms with Crippen LogP contribution in [0.15, 0.2) is 18.2 Å². The first-order valence-electron chi connectivity index (χ1n) is 5.49. The largest absolute Gasteiger partial charge is 0.483 e. The lowest BCUT2D eigenvalue weighted by Crippen LogP contribution is -2.35. The molecule has 1 atom stereocenters. The molecule has 0 radical (unpaired) electrons. The summed E-state index contributed by atoms with van der Waals surface area (Å²) in [5.41, 5.74) is 0. The molecule has 3 nitrogen and oxygen atoms in total. The molecule has 1 N–H and O–H groups in total. The van der Waals surface area contributed by atoms with Gasteiger partial charge in [0.25, 0.3) is 0 Å². The Balaban J connectivity index is 2.67. The molecule has 0 aromatic heterocycles. The first-order valence-corrected chi connectivity index (χ1v) is 5.49. The lowest BCUT2D eigenvalue weighted by atomic mass is 10.3. The van der Waals surface area contributed by atoms with Crippen molar-refractivity contribution >= 4 is 0 Å². The Morgan fingerprint density at radius 2 is 2.12 bits per heavy atom. The van der Waals surface area contributed by atoms with E-state index in [4.69, 9.17) is 9.47 Å². The van der Waals surface area contributed by atoms with Gasteiger partial charge < -0.3 is 14.8 Å². The molecule has 0 aliphatic rings. The van der Waals surface area contributed by atoms with Crippen LogP contribution in [-0.2, 0) is 4.74 Å². The van der Waals surface area contributed by atoms with E-state index in [0.717, 1.165) is 12.6 Å². The molecule has 1 rings (SSSR count). The molecule has 0 fully saturated rings. The van der Waals surface area contributed by atoms with Gasteiger partial charge in [0.1, 0.15) is 6.10 Å². The Labute approximate surface area is 99.7 Å². The van der Waals surface area contributed by atoms with Gasteiger partial charge in [-0.3, -0.25) is 0 Å². The van der Waals surface area contributed by atoms with Gasteiger partial charge in [-0.2, -0.15) is 4.39 Å². The van der Waals surface area contributed by atoms with Crippen LogP contribution >= 0.6 is 0 Å². The summed E-state index contributed by atoms with van der Waals surface area (Å²) >= 11 is 0. The van der Waals surface area contributed by atoms with Gasteiger partial charge in [0.2, 0.25) is 5.82 Å². The van der Waals surface area contributed by atoms with Gasteiger partial charge in [-0.25, -0.2) is 4.39 Å². The second-order valence-corrected chi connectivity index (χ2v) is 3.55. The Bertz CT molecular complexity index is 347. The molecule has 0 aliphatic carbocycles. The summed E-state index contributed by atoms with van der Waals surface area (Å²) in [5, 5.41) is 3.07. The summed E-state index contributed by atoms with van der Waals surface area (Å²) in [6.07, 6.45) is -0.351. The van der Waals surface area contributed by atoms with Crippen LogP contribution in [0.3, 0.4) is 0 Å². The van der Waals surface area contributed by atoms with E-state index in [1.165, 1.54) is 19.2 Å². The van der Waals surface area contributed by atoms with Crippen LogP contribution < -0.4 is 10.1 Å². The first kappa shape index (κ1) is 13.9. The molecule has 0 spiro atoms. The molecule has 17 heavy (non-hydrogen) atoms. The van der Waals surface area contributed by atoms with Crippen molar-refractivity contribution in [2.45, 2.75) is 13.0 Å². The third-order valence-corrected chi connectivity index (χ3v) is 2.18. The molecular weight excluding hydrogens is 228 g/mol. The molecule has 1 aromatic carbocycles. The Morgan fingerprint density at radius 1 is 1.35 bits per heavy atom. The Morgan fingerprint density at radius 3 is 2.76 bits per heavy atom. The number of benzene rings is 1. The van der Waals surface area contributed by atoms with Crippen LogP contribution in [0.25, 0.3) is 0 Å². The minimum Gasteiger partial charge on any atom is -0.483 e. The summed E-state index contributed by atoms with van der Waals surface area (Å²) < 4.78 is 36.7. The fourth-order valence-corrected chi connectivity index (χ4v) is 1.38. The van der Waals surface area contributed by atoms with Crippen molar-refractivity contribution in [3.05, 3.63) is 29.8 Å². The molecule has 1 unspecified atom stereocenters. The SMILES string of the molecule is CCNCC(COC)Oc1cccc(F)c1F. The maximum atomic E-state index is 13.4.